The van der Waals surface area contributed by atoms with E-state index in [1.165, 1.54) is 22.7 Å². The average molecular weight is 102 g/mol. The standard InChI is InChI=1S/C5H14Si/c1-5(2)3-4-6/h5H,3-4H2,1-2,6H3. The predicted molar refractivity (Wildman–Crippen MR) is 34.2 cm³/mol. The molecule has 0 rings (SSSR count). The molecule has 0 bridgehead atoms. The maximum atomic E-state index is 2.28. The Morgan fingerprint density at radius 1 is 1.50 bits per heavy atom. The monoisotopic (exact) mass is 102 g/mol. The molecule has 0 N–H and O–H groups in total. The maximum absolute atomic E-state index is 2.28. The summed E-state index contributed by atoms with van der Waals surface area (Å²) in [6, 6.07) is 1.47. The Hall–Kier alpha value is 0.217. The second kappa shape index (κ2) is 3.41. The molecule has 0 aliphatic heterocycles. The third-order valence-electron chi connectivity index (χ3n) is 0.866. The highest BCUT2D eigenvalue weighted by Gasteiger charge is 1.85. The van der Waals surface area contributed by atoms with Gasteiger partial charge in [-0.25, -0.2) is 0 Å². The SMILES string of the molecule is CC(C)CC[SiH3]. The van der Waals surface area contributed by atoms with E-state index in [9.17, 15) is 0 Å². The summed E-state index contributed by atoms with van der Waals surface area (Å²) in [4.78, 5) is 0. The van der Waals surface area contributed by atoms with Crippen LogP contribution in [0.25, 0.3) is 0 Å². The van der Waals surface area contributed by atoms with Crippen LogP contribution in [-0.2, 0) is 0 Å². The van der Waals surface area contributed by atoms with Crippen molar-refractivity contribution in [3.63, 3.8) is 0 Å². The highest BCUT2D eigenvalue weighted by Crippen LogP contribution is 1.99. The summed E-state index contributed by atoms with van der Waals surface area (Å²) in [6.45, 7) is 4.55. The molecule has 0 amide bonds. The second-order valence-corrected chi connectivity index (χ2v) is 3.18. The fraction of sp³-hybridized carbons (Fsp3) is 1.00. The van der Waals surface area contributed by atoms with Crippen molar-refractivity contribution in [3.05, 3.63) is 0 Å². The van der Waals surface area contributed by atoms with E-state index in [-0.39, 0.29) is 0 Å². The Morgan fingerprint density at radius 2 is 2.00 bits per heavy atom. The normalized spacial score (nSPS) is 10.5. The van der Waals surface area contributed by atoms with Gasteiger partial charge < -0.3 is 0 Å². The van der Waals surface area contributed by atoms with Crippen LogP contribution in [0, 0.1) is 5.92 Å². The molecule has 0 fully saturated rings. The van der Waals surface area contributed by atoms with Crippen molar-refractivity contribution >= 4 is 10.2 Å². The highest BCUT2D eigenvalue weighted by atomic mass is 28.1. The Bertz CT molecular complexity index is 25.1. The molecule has 0 heterocycles. The van der Waals surface area contributed by atoms with Crippen LogP contribution in [0.4, 0.5) is 0 Å². The molecule has 38 valence electrons. The van der Waals surface area contributed by atoms with Gasteiger partial charge in [0.15, 0.2) is 0 Å². The molecule has 0 spiro atoms. The molecule has 0 aromatic heterocycles. The molecule has 0 aliphatic rings. The van der Waals surface area contributed by atoms with Crippen molar-refractivity contribution in [2.45, 2.75) is 26.3 Å². The molecule has 1 heteroatoms. The summed E-state index contributed by atoms with van der Waals surface area (Å²) in [5.74, 6) is 0.933. The van der Waals surface area contributed by atoms with Gasteiger partial charge in [0.1, 0.15) is 0 Å². The lowest BCUT2D eigenvalue weighted by atomic mass is 10.2. The number of hydrogen-bond donors (Lipinski definition) is 0. The largest absolute Gasteiger partial charge is 0.0656 e. The van der Waals surface area contributed by atoms with Gasteiger partial charge in [0, 0.05) is 10.2 Å². The molecule has 0 nitrogen and oxygen atoms in total. The third kappa shape index (κ3) is 4.22. The molecule has 0 saturated heterocycles. The van der Waals surface area contributed by atoms with Gasteiger partial charge in [0.2, 0.25) is 0 Å². The van der Waals surface area contributed by atoms with Gasteiger partial charge in [0.05, 0.1) is 0 Å². The number of hydrogen-bond acceptors (Lipinski definition) is 0. The molecular weight excluding hydrogens is 88.1 g/mol. The van der Waals surface area contributed by atoms with Gasteiger partial charge in [-0.05, 0) is 5.92 Å². The van der Waals surface area contributed by atoms with Crippen molar-refractivity contribution in [1.82, 2.24) is 0 Å². The molecular formula is C5H14Si. The first-order valence-corrected chi connectivity index (χ1v) is 4.18. The van der Waals surface area contributed by atoms with E-state index < -0.39 is 0 Å². The predicted octanol–water partition coefficient (Wildman–Crippen LogP) is 0.816. The summed E-state index contributed by atoms with van der Waals surface area (Å²) in [6.07, 6.45) is 1.44. The van der Waals surface area contributed by atoms with Crippen molar-refractivity contribution < 1.29 is 0 Å². The van der Waals surface area contributed by atoms with Gasteiger partial charge in [0.25, 0.3) is 0 Å². The van der Waals surface area contributed by atoms with Crippen molar-refractivity contribution in [2.24, 2.45) is 5.92 Å². The lowest BCUT2D eigenvalue weighted by molar-refractivity contribution is 0.626. The van der Waals surface area contributed by atoms with Crippen LogP contribution in [0.5, 0.6) is 0 Å². The van der Waals surface area contributed by atoms with Gasteiger partial charge in [-0.15, -0.1) is 0 Å². The quantitative estimate of drug-likeness (QED) is 0.453. The molecule has 0 radical (unpaired) electrons. The second-order valence-electron chi connectivity index (χ2n) is 2.18. The minimum absolute atomic E-state index is 0.933. The minimum atomic E-state index is 0.933. The van der Waals surface area contributed by atoms with Crippen LogP contribution in [0.2, 0.25) is 6.04 Å². The van der Waals surface area contributed by atoms with E-state index in [4.69, 9.17) is 0 Å². The Labute approximate surface area is 43.4 Å². The van der Waals surface area contributed by atoms with Crippen molar-refractivity contribution in [1.29, 1.82) is 0 Å². The van der Waals surface area contributed by atoms with E-state index in [0.717, 1.165) is 5.92 Å². The zero-order valence-corrected chi connectivity index (χ0v) is 6.99. The first-order valence-electron chi connectivity index (χ1n) is 2.77. The van der Waals surface area contributed by atoms with E-state index in [2.05, 4.69) is 13.8 Å². The zero-order valence-electron chi connectivity index (χ0n) is 4.99. The van der Waals surface area contributed by atoms with E-state index >= 15 is 0 Å². The van der Waals surface area contributed by atoms with Gasteiger partial charge in [-0.2, -0.15) is 0 Å². The van der Waals surface area contributed by atoms with Crippen molar-refractivity contribution in [3.8, 4) is 0 Å². The van der Waals surface area contributed by atoms with Crippen LogP contribution in [0.15, 0.2) is 0 Å². The minimum Gasteiger partial charge on any atom is -0.0656 e. The molecule has 0 aromatic carbocycles. The fourth-order valence-electron chi connectivity index (χ4n) is 0.577. The summed E-state index contributed by atoms with van der Waals surface area (Å²) >= 11 is 0. The fourth-order valence-corrected chi connectivity index (χ4v) is 1.73. The summed E-state index contributed by atoms with van der Waals surface area (Å²) in [7, 11) is 1.39. The Kier molecular flexibility index (Phi) is 3.53. The molecule has 0 unspecified atom stereocenters. The van der Waals surface area contributed by atoms with E-state index in [1.54, 1.807) is 0 Å². The lowest BCUT2D eigenvalue weighted by Crippen LogP contribution is -1.83. The van der Waals surface area contributed by atoms with Gasteiger partial charge >= 0.3 is 0 Å². The zero-order chi connectivity index (χ0) is 4.99. The van der Waals surface area contributed by atoms with E-state index in [0.29, 0.717) is 0 Å². The van der Waals surface area contributed by atoms with Gasteiger partial charge in [-0.3, -0.25) is 0 Å². The highest BCUT2D eigenvalue weighted by molar-refractivity contribution is 6.08. The first kappa shape index (κ1) is 6.22. The van der Waals surface area contributed by atoms with Crippen molar-refractivity contribution in [2.75, 3.05) is 0 Å². The summed E-state index contributed by atoms with van der Waals surface area (Å²) in [5, 5.41) is 0. The summed E-state index contributed by atoms with van der Waals surface area (Å²) < 4.78 is 0. The van der Waals surface area contributed by atoms with Crippen LogP contribution >= 0.6 is 0 Å². The average Bonchev–Trinajstić information content (AvgIpc) is 1.35. The van der Waals surface area contributed by atoms with Crippen LogP contribution in [0.3, 0.4) is 0 Å². The topological polar surface area (TPSA) is 0 Å². The third-order valence-corrected chi connectivity index (χ3v) is 1.44. The molecule has 0 aliphatic carbocycles. The maximum Gasteiger partial charge on any atom is 0.00281 e. The summed E-state index contributed by atoms with van der Waals surface area (Å²) in [5.41, 5.74) is 0. The lowest BCUT2D eigenvalue weighted by Gasteiger charge is -1.95. The van der Waals surface area contributed by atoms with Crippen LogP contribution < -0.4 is 0 Å². The molecule has 0 atom stereocenters. The van der Waals surface area contributed by atoms with Gasteiger partial charge in [-0.1, -0.05) is 26.3 Å². The smallest absolute Gasteiger partial charge is 0.00281 e. The van der Waals surface area contributed by atoms with Crippen LogP contribution in [0.1, 0.15) is 20.3 Å². The Morgan fingerprint density at radius 3 is 2.00 bits per heavy atom. The number of rotatable bonds is 2. The Balaban J connectivity index is 2.63. The molecule has 0 saturated carbocycles. The molecule has 6 heavy (non-hydrogen) atoms. The first-order chi connectivity index (χ1) is 2.77. The molecule has 0 aromatic rings. The van der Waals surface area contributed by atoms with Crippen LogP contribution in [-0.4, -0.2) is 10.2 Å². The van der Waals surface area contributed by atoms with E-state index in [1.807, 2.05) is 0 Å².